The van der Waals surface area contributed by atoms with Crippen molar-refractivity contribution in [3.8, 4) is 0 Å². The second-order valence-electron chi connectivity index (χ2n) is 6.54. The van der Waals surface area contributed by atoms with Crippen LogP contribution in [0.2, 0.25) is 0 Å². The number of para-hydroxylation sites is 2. The molecule has 0 unspecified atom stereocenters. The van der Waals surface area contributed by atoms with E-state index in [0.717, 1.165) is 29.9 Å². The number of hydrogen-bond donors (Lipinski definition) is 1. The predicted molar refractivity (Wildman–Crippen MR) is 102 cm³/mol. The fraction of sp³-hybridized carbons (Fsp3) is 0.250. The third-order valence-electron chi connectivity index (χ3n) is 4.59. The molecule has 1 fully saturated rings. The quantitative estimate of drug-likeness (QED) is 0.787. The zero-order valence-electron chi connectivity index (χ0n) is 14.6. The van der Waals surface area contributed by atoms with Crippen LogP contribution in [0.25, 0.3) is 5.65 Å². The lowest BCUT2D eigenvalue weighted by molar-refractivity contribution is -0.117. The number of rotatable bonds is 4. The Balaban J connectivity index is 1.60. The lowest BCUT2D eigenvalue weighted by Gasteiger charge is -2.20. The minimum atomic E-state index is -0.0986. The van der Waals surface area contributed by atoms with Crippen molar-refractivity contribution in [3.05, 3.63) is 70.3 Å². The summed E-state index contributed by atoms with van der Waals surface area (Å²) in [5.74, 6) is 0.150. The Morgan fingerprint density at radius 1 is 1.15 bits per heavy atom. The molecule has 4 rings (SSSR count). The third kappa shape index (κ3) is 3.06. The minimum Gasteiger partial charge on any atom is -0.378 e. The van der Waals surface area contributed by atoms with E-state index < -0.39 is 0 Å². The molecular formula is C20H20N4O2. The molecule has 3 aromatic rings. The summed E-state index contributed by atoms with van der Waals surface area (Å²) in [7, 11) is 0. The molecule has 0 radical (unpaired) electrons. The molecule has 0 atom stereocenters. The summed E-state index contributed by atoms with van der Waals surface area (Å²) in [5.41, 5.74) is 3.95. The molecule has 1 aliphatic rings. The number of anilines is 2. The summed E-state index contributed by atoms with van der Waals surface area (Å²) in [6.45, 7) is 3.10. The van der Waals surface area contributed by atoms with Gasteiger partial charge in [0, 0.05) is 25.2 Å². The van der Waals surface area contributed by atoms with Crippen LogP contribution in [0.5, 0.6) is 0 Å². The maximum atomic E-state index is 12.3. The first-order chi connectivity index (χ1) is 12.6. The normalized spacial score (nSPS) is 14.2. The first-order valence-electron chi connectivity index (χ1n) is 8.74. The second kappa shape index (κ2) is 6.63. The molecule has 0 saturated carbocycles. The molecule has 1 aromatic carbocycles. The highest BCUT2D eigenvalue weighted by atomic mass is 16.2. The fourth-order valence-electron chi connectivity index (χ4n) is 3.30. The van der Waals surface area contributed by atoms with E-state index in [1.807, 2.05) is 48.2 Å². The monoisotopic (exact) mass is 348 g/mol. The zero-order valence-corrected chi connectivity index (χ0v) is 14.6. The van der Waals surface area contributed by atoms with Crippen LogP contribution in [0, 0.1) is 6.92 Å². The molecule has 3 heterocycles. The van der Waals surface area contributed by atoms with E-state index in [0.29, 0.717) is 24.3 Å². The van der Waals surface area contributed by atoms with Gasteiger partial charge in [-0.15, -0.1) is 0 Å². The van der Waals surface area contributed by atoms with Crippen molar-refractivity contribution in [3.63, 3.8) is 0 Å². The van der Waals surface area contributed by atoms with Gasteiger partial charge < -0.3 is 10.2 Å². The third-order valence-corrected chi connectivity index (χ3v) is 4.59. The van der Waals surface area contributed by atoms with Crippen molar-refractivity contribution in [2.75, 3.05) is 16.8 Å². The van der Waals surface area contributed by atoms with Crippen molar-refractivity contribution >= 4 is 22.9 Å². The number of nitrogens with one attached hydrogen (secondary N) is 1. The smallest absolute Gasteiger partial charge is 0.258 e. The van der Waals surface area contributed by atoms with E-state index in [1.165, 1.54) is 0 Å². The Morgan fingerprint density at radius 3 is 2.81 bits per heavy atom. The van der Waals surface area contributed by atoms with Crippen molar-refractivity contribution in [1.29, 1.82) is 0 Å². The number of amides is 1. The summed E-state index contributed by atoms with van der Waals surface area (Å²) < 4.78 is 1.55. The maximum absolute atomic E-state index is 12.3. The summed E-state index contributed by atoms with van der Waals surface area (Å²) in [6.07, 6.45) is 3.27. The number of nitrogens with zero attached hydrogens (tertiary/aromatic N) is 3. The highest BCUT2D eigenvalue weighted by molar-refractivity contribution is 5.98. The summed E-state index contributed by atoms with van der Waals surface area (Å²) in [6, 6.07) is 13.1. The number of carbonyl (C=O) groups is 1. The molecule has 6 heteroatoms. The molecule has 6 nitrogen and oxygen atoms in total. The van der Waals surface area contributed by atoms with Crippen LogP contribution in [0.15, 0.2) is 53.5 Å². The Hall–Kier alpha value is -3.15. The van der Waals surface area contributed by atoms with Gasteiger partial charge >= 0.3 is 0 Å². The largest absolute Gasteiger partial charge is 0.378 e. The molecule has 1 aliphatic heterocycles. The van der Waals surface area contributed by atoms with Crippen LogP contribution < -0.4 is 15.8 Å². The molecule has 26 heavy (non-hydrogen) atoms. The Morgan fingerprint density at radius 2 is 2.00 bits per heavy atom. The number of pyridine rings is 1. The van der Waals surface area contributed by atoms with Crippen molar-refractivity contribution in [1.82, 2.24) is 9.38 Å². The lowest BCUT2D eigenvalue weighted by atomic mass is 10.2. The predicted octanol–water partition coefficient (Wildman–Crippen LogP) is 2.74. The van der Waals surface area contributed by atoms with E-state index in [-0.39, 0.29) is 11.5 Å². The molecule has 0 spiro atoms. The van der Waals surface area contributed by atoms with Crippen LogP contribution in [0.4, 0.5) is 11.4 Å². The average molecular weight is 348 g/mol. The van der Waals surface area contributed by atoms with Gasteiger partial charge in [-0.05, 0) is 37.1 Å². The number of fused-ring (bicyclic) bond motifs is 1. The van der Waals surface area contributed by atoms with Gasteiger partial charge in [-0.3, -0.25) is 14.0 Å². The Bertz CT molecular complexity index is 1040. The van der Waals surface area contributed by atoms with Crippen molar-refractivity contribution in [2.45, 2.75) is 26.3 Å². The Kier molecular flexibility index (Phi) is 4.16. The maximum Gasteiger partial charge on any atom is 0.258 e. The molecule has 0 aliphatic carbocycles. The zero-order chi connectivity index (χ0) is 18.1. The fourth-order valence-corrected chi connectivity index (χ4v) is 3.30. The van der Waals surface area contributed by atoms with Crippen molar-refractivity contribution in [2.24, 2.45) is 0 Å². The topological polar surface area (TPSA) is 66.7 Å². The second-order valence-corrected chi connectivity index (χ2v) is 6.54. The van der Waals surface area contributed by atoms with Gasteiger partial charge in [0.1, 0.15) is 5.65 Å². The van der Waals surface area contributed by atoms with E-state index in [1.54, 1.807) is 16.7 Å². The van der Waals surface area contributed by atoms with Gasteiger partial charge in [-0.2, -0.15) is 0 Å². The van der Waals surface area contributed by atoms with Gasteiger partial charge in [-0.1, -0.05) is 18.2 Å². The van der Waals surface area contributed by atoms with Gasteiger partial charge in [-0.25, -0.2) is 4.98 Å². The number of benzene rings is 1. The first-order valence-corrected chi connectivity index (χ1v) is 8.74. The molecule has 132 valence electrons. The Labute approximate surface area is 151 Å². The van der Waals surface area contributed by atoms with E-state index >= 15 is 0 Å². The van der Waals surface area contributed by atoms with Crippen LogP contribution in [0.3, 0.4) is 0 Å². The minimum absolute atomic E-state index is 0.0986. The van der Waals surface area contributed by atoms with Crippen LogP contribution in [0.1, 0.15) is 24.1 Å². The molecule has 1 amide bonds. The molecule has 1 N–H and O–H groups in total. The number of carbonyl (C=O) groups excluding carboxylic acids is 1. The molecule has 0 bridgehead atoms. The summed E-state index contributed by atoms with van der Waals surface area (Å²) >= 11 is 0. The number of aromatic nitrogens is 2. The van der Waals surface area contributed by atoms with Crippen LogP contribution >= 0.6 is 0 Å². The average Bonchev–Trinajstić information content (AvgIpc) is 3.07. The molecular weight excluding hydrogens is 328 g/mol. The summed E-state index contributed by atoms with van der Waals surface area (Å²) in [4.78, 5) is 30.8. The van der Waals surface area contributed by atoms with Crippen LogP contribution in [-0.4, -0.2) is 21.8 Å². The lowest BCUT2D eigenvalue weighted by Crippen LogP contribution is -2.25. The van der Waals surface area contributed by atoms with E-state index in [2.05, 4.69) is 10.3 Å². The van der Waals surface area contributed by atoms with Gasteiger partial charge in [0.2, 0.25) is 5.91 Å². The standard InChI is InChI=1S/C20H20N4O2/c1-14-8-9-18-22-15(11-20(26)24(18)13-14)12-21-16-5-2-3-6-17(16)23-10-4-7-19(23)25/h2-3,5-6,8-9,11,13,21H,4,7,10,12H2,1H3. The van der Waals surface area contributed by atoms with E-state index in [4.69, 9.17) is 0 Å². The van der Waals surface area contributed by atoms with Gasteiger partial charge in [0.05, 0.1) is 23.6 Å². The van der Waals surface area contributed by atoms with Gasteiger partial charge in [0.25, 0.3) is 5.56 Å². The number of hydrogen-bond acceptors (Lipinski definition) is 4. The van der Waals surface area contributed by atoms with Crippen LogP contribution in [-0.2, 0) is 11.3 Å². The highest BCUT2D eigenvalue weighted by Gasteiger charge is 2.23. The highest BCUT2D eigenvalue weighted by Crippen LogP contribution is 2.29. The summed E-state index contributed by atoms with van der Waals surface area (Å²) in [5, 5.41) is 3.33. The molecule has 1 saturated heterocycles. The van der Waals surface area contributed by atoms with Crippen molar-refractivity contribution < 1.29 is 4.79 Å². The number of aryl methyl sites for hydroxylation is 1. The first kappa shape index (κ1) is 16.3. The SMILES string of the molecule is Cc1ccc2nc(CNc3ccccc3N3CCCC3=O)cc(=O)n2c1. The molecule has 2 aromatic heterocycles. The van der Waals surface area contributed by atoms with Gasteiger partial charge in [0.15, 0.2) is 0 Å². The van der Waals surface area contributed by atoms with E-state index in [9.17, 15) is 9.59 Å².